The summed E-state index contributed by atoms with van der Waals surface area (Å²) in [6.45, 7) is 20.0. The quantitative estimate of drug-likeness (QED) is 0.134. The number of allylic oxidation sites excluding steroid dienone is 3. The number of carbonyl (C=O) groups excluding carboxylic acids is 1. The maximum absolute atomic E-state index is 12.5. The summed E-state index contributed by atoms with van der Waals surface area (Å²) in [4.78, 5) is 14.8. The van der Waals surface area contributed by atoms with Crippen molar-refractivity contribution >= 4 is 5.91 Å². The number of hydrogen-bond donors (Lipinski definition) is 1. The van der Waals surface area contributed by atoms with E-state index in [9.17, 15) is 4.79 Å². The highest BCUT2D eigenvalue weighted by atomic mass is 16.5. The Kier molecular flexibility index (Phi) is 15.1. The standard InChI is InChI=1S/C30H32N2O4.C12H19NO/c1-5-31-30(33)28-21(4)29(36-32-28)25-16-24(20(2)3)26(34-18-22-12-8-6-9-13-22)17-27(25)35-19-23-14-10-7-11-15-23;1-3-4-5-6-12(2)11-13-7-9-14-10-8-13/h6-17,20H,5,18-19H2,1-4H3,(H,31,33);3-6H,2,7-11H2,1H3/b;4-3-,6-5-. The molecule has 8 heteroatoms. The van der Waals surface area contributed by atoms with E-state index in [4.69, 9.17) is 18.7 Å². The van der Waals surface area contributed by atoms with Gasteiger partial charge in [-0.1, -0.05) is 111 Å². The lowest BCUT2D eigenvalue weighted by atomic mass is 9.96. The normalized spacial score (nSPS) is 13.3. The topological polar surface area (TPSA) is 86.1 Å². The van der Waals surface area contributed by atoms with E-state index in [1.165, 1.54) is 0 Å². The highest BCUT2D eigenvalue weighted by Gasteiger charge is 2.24. The van der Waals surface area contributed by atoms with E-state index in [1.807, 2.05) is 112 Å². The van der Waals surface area contributed by atoms with E-state index < -0.39 is 0 Å². The van der Waals surface area contributed by atoms with Gasteiger partial charge in [-0.15, -0.1) is 0 Å². The Balaban J connectivity index is 0.000000337. The second-order valence-electron chi connectivity index (χ2n) is 12.4. The van der Waals surface area contributed by atoms with Crippen molar-refractivity contribution in [1.29, 1.82) is 0 Å². The molecule has 1 fully saturated rings. The van der Waals surface area contributed by atoms with Crippen molar-refractivity contribution in [2.75, 3.05) is 39.4 Å². The first-order valence-corrected chi connectivity index (χ1v) is 17.3. The molecule has 264 valence electrons. The molecule has 1 aliphatic heterocycles. The first-order chi connectivity index (χ1) is 24.3. The Bertz CT molecular complexity index is 1700. The fourth-order valence-corrected chi connectivity index (χ4v) is 5.37. The van der Waals surface area contributed by atoms with Gasteiger partial charge in [0.2, 0.25) is 0 Å². The molecular formula is C42H51N3O5. The Labute approximate surface area is 297 Å². The largest absolute Gasteiger partial charge is 0.488 e. The predicted octanol–water partition coefficient (Wildman–Crippen LogP) is 8.69. The zero-order chi connectivity index (χ0) is 35.7. The van der Waals surface area contributed by atoms with Gasteiger partial charge >= 0.3 is 0 Å². The Morgan fingerprint density at radius 3 is 2.16 bits per heavy atom. The minimum Gasteiger partial charge on any atom is -0.488 e. The zero-order valence-electron chi connectivity index (χ0n) is 30.1. The first-order valence-electron chi connectivity index (χ1n) is 17.3. The maximum Gasteiger partial charge on any atom is 0.273 e. The average Bonchev–Trinajstić information content (AvgIpc) is 3.52. The second kappa shape index (κ2) is 19.9. The van der Waals surface area contributed by atoms with Crippen LogP contribution >= 0.6 is 0 Å². The number of benzene rings is 3. The average molecular weight is 678 g/mol. The molecular weight excluding hydrogens is 626 g/mol. The third-order valence-corrected chi connectivity index (χ3v) is 8.10. The van der Waals surface area contributed by atoms with Crippen LogP contribution in [0.25, 0.3) is 11.3 Å². The molecule has 1 amide bonds. The highest BCUT2D eigenvalue weighted by molar-refractivity contribution is 5.95. The smallest absolute Gasteiger partial charge is 0.273 e. The van der Waals surface area contributed by atoms with E-state index in [-0.39, 0.29) is 17.5 Å². The summed E-state index contributed by atoms with van der Waals surface area (Å²) in [5.74, 6) is 1.79. The van der Waals surface area contributed by atoms with Crippen LogP contribution in [-0.4, -0.2) is 55.4 Å². The van der Waals surface area contributed by atoms with E-state index in [1.54, 1.807) is 0 Å². The molecule has 4 aromatic rings. The molecule has 0 spiro atoms. The lowest BCUT2D eigenvalue weighted by Gasteiger charge is -2.26. The number of nitrogens with one attached hydrogen (secondary N) is 1. The van der Waals surface area contributed by atoms with Crippen molar-refractivity contribution < 1.29 is 23.5 Å². The van der Waals surface area contributed by atoms with Crippen LogP contribution in [0.2, 0.25) is 0 Å². The molecule has 0 saturated carbocycles. The van der Waals surface area contributed by atoms with Gasteiger partial charge in [-0.25, -0.2) is 0 Å². The van der Waals surface area contributed by atoms with Gasteiger partial charge in [-0.05, 0) is 55.0 Å². The Morgan fingerprint density at radius 2 is 1.58 bits per heavy atom. The van der Waals surface area contributed by atoms with Gasteiger partial charge in [-0.2, -0.15) is 0 Å². The molecule has 2 heterocycles. The number of carbonyl (C=O) groups is 1. The fourth-order valence-electron chi connectivity index (χ4n) is 5.37. The Morgan fingerprint density at radius 1 is 0.960 bits per heavy atom. The first kappa shape index (κ1) is 37.9. The summed E-state index contributed by atoms with van der Waals surface area (Å²) in [6, 6.07) is 24.0. The summed E-state index contributed by atoms with van der Waals surface area (Å²) in [7, 11) is 0. The third-order valence-electron chi connectivity index (χ3n) is 8.10. The number of nitrogens with zero attached hydrogens (tertiary/aromatic N) is 2. The minimum atomic E-state index is -0.261. The van der Waals surface area contributed by atoms with Crippen LogP contribution in [0, 0.1) is 6.92 Å². The van der Waals surface area contributed by atoms with Crippen molar-refractivity contribution in [2.45, 2.75) is 53.8 Å². The predicted molar refractivity (Wildman–Crippen MR) is 201 cm³/mol. The van der Waals surface area contributed by atoms with Crippen molar-refractivity contribution in [1.82, 2.24) is 15.4 Å². The van der Waals surface area contributed by atoms with E-state index in [0.29, 0.717) is 36.8 Å². The van der Waals surface area contributed by atoms with Gasteiger partial charge in [0.05, 0.1) is 18.8 Å². The van der Waals surface area contributed by atoms with Gasteiger partial charge in [0.15, 0.2) is 11.5 Å². The molecule has 1 aliphatic rings. The molecule has 5 rings (SSSR count). The monoisotopic (exact) mass is 677 g/mol. The third kappa shape index (κ3) is 11.3. The SMILES string of the molecule is C=C(/C=C\C=C/C)CN1CCOCC1.CCNC(=O)c1noc(-c2cc(C(C)C)c(OCc3ccccc3)cc2OCc2ccccc2)c1C. The van der Waals surface area contributed by atoms with Crippen molar-refractivity contribution in [2.24, 2.45) is 0 Å². The van der Waals surface area contributed by atoms with Gasteiger partial charge in [0.1, 0.15) is 24.7 Å². The van der Waals surface area contributed by atoms with E-state index in [2.05, 4.69) is 41.9 Å². The molecule has 1 N–H and O–H groups in total. The summed E-state index contributed by atoms with van der Waals surface area (Å²) < 4.78 is 23.6. The van der Waals surface area contributed by atoms with Gasteiger partial charge < -0.3 is 24.1 Å². The van der Waals surface area contributed by atoms with E-state index in [0.717, 1.165) is 66.4 Å². The molecule has 8 nitrogen and oxygen atoms in total. The number of morpholine rings is 1. The van der Waals surface area contributed by atoms with Crippen molar-refractivity contribution in [3.63, 3.8) is 0 Å². The van der Waals surface area contributed by atoms with Crippen LogP contribution in [0.5, 0.6) is 11.5 Å². The van der Waals surface area contributed by atoms with Crippen LogP contribution < -0.4 is 14.8 Å². The molecule has 50 heavy (non-hydrogen) atoms. The summed E-state index contributed by atoms with van der Waals surface area (Å²) in [5, 5.41) is 6.86. The summed E-state index contributed by atoms with van der Waals surface area (Å²) in [6.07, 6.45) is 8.13. The number of aromatic nitrogens is 1. The van der Waals surface area contributed by atoms with Gasteiger partial charge in [0.25, 0.3) is 5.91 Å². The van der Waals surface area contributed by atoms with Crippen LogP contribution in [0.15, 0.2) is 114 Å². The van der Waals surface area contributed by atoms with Crippen LogP contribution in [0.1, 0.15) is 66.4 Å². The summed E-state index contributed by atoms with van der Waals surface area (Å²) >= 11 is 0. The fraction of sp³-hybridized carbons (Fsp3) is 0.333. The van der Waals surface area contributed by atoms with Crippen molar-refractivity contribution in [3.05, 3.63) is 137 Å². The molecule has 0 radical (unpaired) electrons. The Hall–Kier alpha value is -4.92. The van der Waals surface area contributed by atoms with Gasteiger partial charge in [-0.3, -0.25) is 9.69 Å². The molecule has 1 aromatic heterocycles. The molecule has 3 aromatic carbocycles. The number of amides is 1. The molecule has 1 saturated heterocycles. The molecule has 0 bridgehead atoms. The highest BCUT2D eigenvalue weighted by Crippen LogP contribution is 2.41. The lowest BCUT2D eigenvalue weighted by molar-refractivity contribution is 0.0426. The number of ether oxygens (including phenoxy) is 3. The van der Waals surface area contributed by atoms with Gasteiger partial charge in [0, 0.05) is 37.8 Å². The van der Waals surface area contributed by atoms with Crippen LogP contribution in [0.3, 0.4) is 0 Å². The molecule has 0 unspecified atom stereocenters. The minimum absolute atomic E-state index is 0.184. The molecule has 0 atom stereocenters. The zero-order valence-corrected chi connectivity index (χ0v) is 30.1. The second-order valence-corrected chi connectivity index (χ2v) is 12.4. The number of hydrogen-bond acceptors (Lipinski definition) is 7. The van der Waals surface area contributed by atoms with Crippen LogP contribution in [0.4, 0.5) is 0 Å². The van der Waals surface area contributed by atoms with Crippen LogP contribution in [-0.2, 0) is 18.0 Å². The van der Waals surface area contributed by atoms with Crippen molar-refractivity contribution in [3.8, 4) is 22.8 Å². The number of rotatable bonds is 14. The maximum atomic E-state index is 12.5. The molecule has 0 aliphatic carbocycles. The van der Waals surface area contributed by atoms with E-state index >= 15 is 0 Å². The lowest BCUT2D eigenvalue weighted by Crippen LogP contribution is -2.37. The summed E-state index contributed by atoms with van der Waals surface area (Å²) in [5.41, 5.74) is 5.98.